The molecule has 0 aromatic heterocycles. The fraction of sp³-hybridized carbons (Fsp3) is 0.211. The molecule has 0 unspecified atom stereocenters. The number of hydrogen-bond donors (Lipinski definition) is 2. The highest BCUT2D eigenvalue weighted by molar-refractivity contribution is 5.97. The zero-order chi connectivity index (χ0) is 19.1. The summed E-state index contributed by atoms with van der Waals surface area (Å²) in [4.78, 5) is 35.1. The smallest absolute Gasteiger partial charge is 0.342 e. The molecule has 0 heterocycles. The zero-order valence-corrected chi connectivity index (χ0v) is 14.6. The Labute approximate surface area is 151 Å². The van der Waals surface area contributed by atoms with Crippen molar-refractivity contribution in [3.63, 3.8) is 0 Å². The van der Waals surface area contributed by atoms with Gasteiger partial charge in [-0.3, -0.25) is 9.59 Å². The summed E-state index contributed by atoms with van der Waals surface area (Å²) in [5.41, 5.74) is 7.65. The fourth-order valence-corrected chi connectivity index (χ4v) is 2.31. The van der Waals surface area contributed by atoms with Gasteiger partial charge in [0.1, 0.15) is 11.3 Å². The molecule has 3 N–H and O–H groups in total. The first-order chi connectivity index (χ1) is 12.4. The highest BCUT2D eigenvalue weighted by Gasteiger charge is 2.16. The molecule has 0 aliphatic carbocycles. The van der Waals surface area contributed by atoms with Gasteiger partial charge in [0.05, 0.1) is 0 Å². The SMILES string of the molecule is Cc1cccc(C)c1NC(=O)COC(=O)c1ccccc1OCC(N)=O. The van der Waals surface area contributed by atoms with Crippen molar-refractivity contribution in [1.29, 1.82) is 0 Å². The molecule has 7 nitrogen and oxygen atoms in total. The van der Waals surface area contributed by atoms with Crippen molar-refractivity contribution in [2.24, 2.45) is 5.73 Å². The Morgan fingerprint density at radius 3 is 2.27 bits per heavy atom. The van der Waals surface area contributed by atoms with E-state index in [4.69, 9.17) is 15.2 Å². The summed E-state index contributed by atoms with van der Waals surface area (Å²) in [7, 11) is 0. The van der Waals surface area contributed by atoms with Gasteiger partial charge in [-0.2, -0.15) is 0 Å². The predicted octanol–water partition coefficient (Wildman–Crippen LogP) is 1.96. The lowest BCUT2D eigenvalue weighted by Gasteiger charge is -2.12. The van der Waals surface area contributed by atoms with E-state index in [2.05, 4.69) is 5.32 Å². The van der Waals surface area contributed by atoms with E-state index in [0.29, 0.717) is 5.69 Å². The molecule has 2 amide bonds. The summed E-state index contributed by atoms with van der Waals surface area (Å²) < 4.78 is 10.2. The average Bonchev–Trinajstić information content (AvgIpc) is 2.61. The van der Waals surface area contributed by atoms with Gasteiger partial charge in [0.25, 0.3) is 11.8 Å². The van der Waals surface area contributed by atoms with Crippen molar-refractivity contribution in [2.45, 2.75) is 13.8 Å². The second-order valence-corrected chi connectivity index (χ2v) is 5.64. The molecule has 0 bridgehead atoms. The van der Waals surface area contributed by atoms with Gasteiger partial charge in [0, 0.05) is 5.69 Å². The Hall–Kier alpha value is -3.35. The first-order valence-electron chi connectivity index (χ1n) is 7.92. The van der Waals surface area contributed by atoms with Gasteiger partial charge >= 0.3 is 5.97 Å². The number of benzene rings is 2. The van der Waals surface area contributed by atoms with Crippen LogP contribution >= 0.6 is 0 Å². The van der Waals surface area contributed by atoms with Gasteiger partial charge in [0.2, 0.25) is 0 Å². The highest BCUT2D eigenvalue weighted by Crippen LogP contribution is 2.20. The largest absolute Gasteiger partial charge is 0.483 e. The van der Waals surface area contributed by atoms with Gasteiger partial charge in [-0.1, -0.05) is 30.3 Å². The normalized spacial score (nSPS) is 10.1. The van der Waals surface area contributed by atoms with Crippen LogP contribution in [-0.2, 0) is 14.3 Å². The number of nitrogens with one attached hydrogen (secondary N) is 1. The molecule has 0 aliphatic rings. The Balaban J connectivity index is 1.98. The van der Waals surface area contributed by atoms with E-state index < -0.39 is 24.4 Å². The number of carbonyl (C=O) groups excluding carboxylic acids is 3. The molecule has 0 fully saturated rings. The molecular formula is C19H20N2O5. The molecule has 0 spiro atoms. The summed E-state index contributed by atoms with van der Waals surface area (Å²) in [5.74, 6) is -1.69. The van der Waals surface area contributed by atoms with Crippen molar-refractivity contribution in [3.8, 4) is 5.75 Å². The number of para-hydroxylation sites is 2. The van der Waals surface area contributed by atoms with Crippen LogP contribution in [0.25, 0.3) is 0 Å². The molecule has 26 heavy (non-hydrogen) atoms. The lowest BCUT2D eigenvalue weighted by atomic mass is 10.1. The van der Waals surface area contributed by atoms with E-state index in [0.717, 1.165) is 11.1 Å². The summed E-state index contributed by atoms with van der Waals surface area (Å²) in [6.07, 6.45) is 0. The maximum Gasteiger partial charge on any atom is 0.342 e. The van der Waals surface area contributed by atoms with Crippen LogP contribution in [0.5, 0.6) is 5.75 Å². The van der Waals surface area contributed by atoms with Crippen LogP contribution in [0.1, 0.15) is 21.5 Å². The number of aryl methyl sites for hydroxylation is 2. The molecule has 0 saturated heterocycles. The summed E-state index contributed by atoms with van der Waals surface area (Å²) in [5, 5.41) is 2.73. The van der Waals surface area contributed by atoms with Gasteiger partial charge < -0.3 is 20.5 Å². The third kappa shape index (κ3) is 5.07. The van der Waals surface area contributed by atoms with Crippen LogP contribution in [0.2, 0.25) is 0 Å². The molecule has 0 aliphatic heterocycles. The van der Waals surface area contributed by atoms with Crippen LogP contribution in [0.4, 0.5) is 5.69 Å². The zero-order valence-electron chi connectivity index (χ0n) is 14.6. The number of amides is 2. The lowest BCUT2D eigenvalue weighted by molar-refractivity contribution is -0.120. The minimum atomic E-state index is -0.735. The molecule has 2 rings (SSSR count). The van der Waals surface area contributed by atoms with Crippen molar-refractivity contribution in [2.75, 3.05) is 18.5 Å². The molecule has 136 valence electrons. The van der Waals surface area contributed by atoms with Crippen LogP contribution < -0.4 is 15.8 Å². The Morgan fingerprint density at radius 1 is 0.962 bits per heavy atom. The second kappa shape index (κ2) is 8.66. The number of rotatable bonds is 7. The number of esters is 1. The van der Waals surface area contributed by atoms with E-state index in [1.165, 1.54) is 12.1 Å². The minimum absolute atomic E-state index is 0.105. The lowest BCUT2D eigenvalue weighted by Crippen LogP contribution is -2.23. The van der Waals surface area contributed by atoms with E-state index in [1.807, 2.05) is 32.0 Å². The quantitative estimate of drug-likeness (QED) is 0.738. The van der Waals surface area contributed by atoms with Crippen molar-refractivity contribution >= 4 is 23.5 Å². The summed E-state index contributed by atoms with van der Waals surface area (Å²) in [6, 6.07) is 11.9. The van der Waals surface area contributed by atoms with Gasteiger partial charge in [-0.25, -0.2) is 4.79 Å². The number of anilines is 1. The predicted molar refractivity (Wildman–Crippen MR) is 96.0 cm³/mol. The van der Waals surface area contributed by atoms with E-state index in [1.54, 1.807) is 12.1 Å². The molecular weight excluding hydrogens is 336 g/mol. The van der Waals surface area contributed by atoms with Gasteiger partial charge in [-0.05, 0) is 37.1 Å². The highest BCUT2D eigenvalue weighted by atomic mass is 16.5. The maximum absolute atomic E-state index is 12.2. The third-order valence-electron chi connectivity index (χ3n) is 3.56. The summed E-state index contributed by atoms with van der Waals surface area (Å²) in [6.45, 7) is 2.94. The van der Waals surface area contributed by atoms with Crippen LogP contribution in [0.15, 0.2) is 42.5 Å². The minimum Gasteiger partial charge on any atom is -0.483 e. The number of carbonyl (C=O) groups is 3. The average molecular weight is 356 g/mol. The first-order valence-corrected chi connectivity index (χ1v) is 7.92. The third-order valence-corrected chi connectivity index (χ3v) is 3.56. The number of hydrogen-bond acceptors (Lipinski definition) is 5. The second-order valence-electron chi connectivity index (χ2n) is 5.64. The topological polar surface area (TPSA) is 108 Å². The molecule has 2 aromatic carbocycles. The van der Waals surface area contributed by atoms with E-state index in [9.17, 15) is 14.4 Å². The maximum atomic E-state index is 12.2. The van der Waals surface area contributed by atoms with Crippen LogP contribution in [0, 0.1) is 13.8 Å². The van der Waals surface area contributed by atoms with E-state index >= 15 is 0 Å². The van der Waals surface area contributed by atoms with Gasteiger partial charge in [0.15, 0.2) is 13.2 Å². The Bertz CT molecular complexity index is 812. The van der Waals surface area contributed by atoms with Crippen molar-refractivity contribution in [1.82, 2.24) is 0 Å². The molecule has 7 heteroatoms. The van der Waals surface area contributed by atoms with E-state index in [-0.39, 0.29) is 17.9 Å². The molecule has 0 atom stereocenters. The molecule has 2 aromatic rings. The monoisotopic (exact) mass is 356 g/mol. The van der Waals surface area contributed by atoms with Crippen LogP contribution in [0.3, 0.4) is 0 Å². The first kappa shape index (κ1) is 19.0. The standard InChI is InChI=1S/C19H20N2O5/c1-12-6-5-7-13(2)18(12)21-17(23)11-26-19(24)14-8-3-4-9-15(14)25-10-16(20)22/h3-9H,10-11H2,1-2H3,(H2,20,22)(H,21,23). The molecule has 0 saturated carbocycles. The summed E-state index contributed by atoms with van der Waals surface area (Å²) >= 11 is 0. The fourth-order valence-electron chi connectivity index (χ4n) is 2.31. The van der Waals surface area contributed by atoms with Gasteiger partial charge in [-0.15, -0.1) is 0 Å². The molecule has 0 radical (unpaired) electrons. The number of primary amides is 1. The van der Waals surface area contributed by atoms with Crippen molar-refractivity contribution in [3.05, 3.63) is 59.2 Å². The number of ether oxygens (including phenoxy) is 2. The number of nitrogens with two attached hydrogens (primary N) is 1. The Kier molecular flexibility index (Phi) is 6.32. The van der Waals surface area contributed by atoms with Crippen molar-refractivity contribution < 1.29 is 23.9 Å². The Morgan fingerprint density at radius 2 is 1.62 bits per heavy atom. The van der Waals surface area contributed by atoms with Crippen LogP contribution in [-0.4, -0.2) is 31.0 Å².